The highest BCUT2D eigenvalue weighted by atomic mass is 19.4. The van der Waals surface area contributed by atoms with Crippen LogP contribution in [0, 0.1) is 6.92 Å². The van der Waals surface area contributed by atoms with E-state index in [-0.39, 0.29) is 17.9 Å². The Kier molecular flexibility index (Phi) is 4.06. The topological polar surface area (TPSA) is 44.8 Å². The number of aromatic amines is 1. The number of alkyl halides is 5. The summed E-state index contributed by atoms with van der Waals surface area (Å²) in [4.78, 5) is 5.36. The van der Waals surface area contributed by atoms with Gasteiger partial charge in [0, 0.05) is 13.0 Å². The van der Waals surface area contributed by atoms with Gasteiger partial charge in [-0.15, -0.1) is 0 Å². The van der Waals surface area contributed by atoms with E-state index < -0.39 is 36.7 Å². The van der Waals surface area contributed by atoms with E-state index in [0.717, 1.165) is 6.07 Å². The van der Waals surface area contributed by atoms with Gasteiger partial charge in [-0.2, -0.15) is 18.3 Å². The largest absolute Gasteiger partial charge is 0.416 e. The summed E-state index contributed by atoms with van der Waals surface area (Å²) in [6, 6.07) is 4.17. The van der Waals surface area contributed by atoms with Crippen molar-refractivity contribution in [3.05, 3.63) is 47.0 Å². The van der Waals surface area contributed by atoms with Gasteiger partial charge in [0.15, 0.2) is 5.82 Å². The number of halogens is 5. The fraction of sp³-hybridized carbons (Fsp3) is 0.467. The molecule has 0 amide bonds. The molecule has 0 spiro atoms. The van der Waals surface area contributed by atoms with Crippen LogP contribution >= 0.6 is 0 Å². The Morgan fingerprint density at radius 3 is 2.62 bits per heavy atom. The van der Waals surface area contributed by atoms with E-state index in [1.165, 1.54) is 23.1 Å². The highest BCUT2D eigenvalue weighted by Crippen LogP contribution is 2.42. The molecule has 2 aromatic rings. The van der Waals surface area contributed by atoms with Gasteiger partial charge < -0.3 is 0 Å². The SMILES string of the molecule is Cc1nc([C@@H]2CC(F)(F)CN2Cc2ccccc2C(F)(F)F)n[nH]1. The fourth-order valence-electron chi connectivity index (χ4n) is 2.97. The molecular formula is C15H15F5N4. The van der Waals surface area contributed by atoms with Crippen LogP contribution in [0.2, 0.25) is 0 Å². The summed E-state index contributed by atoms with van der Waals surface area (Å²) >= 11 is 0. The smallest absolute Gasteiger partial charge is 0.283 e. The van der Waals surface area contributed by atoms with Gasteiger partial charge in [0.1, 0.15) is 5.82 Å². The lowest BCUT2D eigenvalue weighted by Crippen LogP contribution is -2.28. The Morgan fingerprint density at radius 2 is 2.00 bits per heavy atom. The molecule has 3 rings (SSSR count). The van der Waals surface area contributed by atoms with Crippen molar-refractivity contribution in [1.82, 2.24) is 20.1 Å². The molecule has 1 fully saturated rings. The van der Waals surface area contributed by atoms with Crippen molar-refractivity contribution in [1.29, 1.82) is 0 Å². The zero-order valence-corrected chi connectivity index (χ0v) is 12.7. The van der Waals surface area contributed by atoms with Crippen LogP contribution in [0.25, 0.3) is 0 Å². The molecule has 1 N–H and O–H groups in total. The standard InChI is InChI=1S/C15H15F5N4/c1-9-21-13(23-22-9)12-6-14(16,17)8-24(12)7-10-4-2-3-5-11(10)15(18,19)20/h2-5,12H,6-8H2,1H3,(H,21,22,23)/t12-/m0/s1. The number of aromatic nitrogens is 3. The molecule has 1 aliphatic heterocycles. The average Bonchev–Trinajstić information content (AvgIpc) is 3.01. The molecule has 1 saturated heterocycles. The minimum atomic E-state index is -4.53. The van der Waals surface area contributed by atoms with Crippen LogP contribution in [0.5, 0.6) is 0 Å². The normalized spacial score (nSPS) is 21.3. The maximum Gasteiger partial charge on any atom is 0.416 e. The summed E-state index contributed by atoms with van der Waals surface area (Å²) in [5.41, 5.74) is -0.856. The lowest BCUT2D eigenvalue weighted by atomic mass is 10.1. The van der Waals surface area contributed by atoms with Crippen molar-refractivity contribution in [2.24, 2.45) is 0 Å². The van der Waals surface area contributed by atoms with Crippen LogP contribution in [0.4, 0.5) is 22.0 Å². The Hall–Kier alpha value is -2.03. The molecule has 130 valence electrons. The lowest BCUT2D eigenvalue weighted by molar-refractivity contribution is -0.138. The Labute approximate surface area is 134 Å². The van der Waals surface area contributed by atoms with Gasteiger partial charge in [0.25, 0.3) is 5.92 Å². The van der Waals surface area contributed by atoms with Crippen molar-refractivity contribution < 1.29 is 22.0 Å². The molecule has 4 nitrogen and oxygen atoms in total. The quantitative estimate of drug-likeness (QED) is 0.862. The molecule has 1 aromatic heterocycles. The molecule has 0 bridgehead atoms. The summed E-state index contributed by atoms with van der Waals surface area (Å²) in [5, 5.41) is 6.47. The van der Waals surface area contributed by atoms with Gasteiger partial charge in [0.05, 0.1) is 18.2 Å². The van der Waals surface area contributed by atoms with Crippen molar-refractivity contribution >= 4 is 0 Å². The van der Waals surface area contributed by atoms with Crippen LogP contribution in [-0.2, 0) is 12.7 Å². The summed E-state index contributed by atoms with van der Waals surface area (Å²) < 4.78 is 67.0. The number of hydrogen-bond donors (Lipinski definition) is 1. The van der Waals surface area contributed by atoms with Gasteiger partial charge in [-0.3, -0.25) is 10.00 Å². The van der Waals surface area contributed by atoms with E-state index in [1.807, 2.05) is 0 Å². The van der Waals surface area contributed by atoms with Crippen LogP contribution in [-0.4, -0.2) is 32.5 Å². The lowest BCUT2D eigenvalue weighted by Gasteiger charge is -2.23. The minimum Gasteiger partial charge on any atom is -0.283 e. The molecule has 1 aromatic carbocycles. The predicted octanol–water partition coefficient (Wildman–Crippen LogP) is 3.71. The Balaban J connectivity index is 1.91. The van der Waals surface area contributed by atoms with Gasteiger partial charge in [-0.05, 0) is 18.6 Å². The molecule has 0 saturated carbocycles. The van der Waals surface area contributed by atoms with Crippen molar-refractivity contribution in [3.63, 3.8) is 0 Å². The van der Waals surface area contributed by atoms with Crippen molar-refractivity contribution in [2.45, 2.75) is 38.0 Å². The second-order valence-corrected chi connectivity index (χ2v) is 5.91. The number of rotatable bonds is 3. The van der Waals surface area contributed by atoms with E-state index in [0.29, 0.717) is 5.82 Å². The van der Waals surface area contributed by atoms with Gasteiger partial charge in [-0.25, -0.2) is 13.8 Å². The van der Waals surface area contributed by atoms with Crippen LogP contribution in [0.1, 0.15) is 35.2 Å². The zero-order valence-electron chi connectivity index (χ0n) is 12.7. The maximum atomic E-state index is 13.8. The maximum absolute atomic E-state index is 13.8. The zero-order chi connectivity index (χ0) is 17.5. The van der Waals surface area contributed by atoms with Gasteiger partial charge in [0.2, 0.25) is 0 Å². The molecule has 1 atom stereocenters. The summed E-state index contributed by atoms with van der Waals surface area (Å²) in [7, 11) is 0. The summed E-state index contributed by atoms with van der Waals surface area (Å²) in [5.74, 6) is -2.35. The number of nitrogens with zero attached hydrogens (tertiary/aromatic N) is 3. The first kappa shape index (κ1) is 16.8. The number of benzene rings is 1. The number of likely N-dealkylation sites (tertiary alicyclic amines) is 1. The fourth-order valence-corrected chi connectivity index (χ4v) is 2.97. The van der Waals surface area contributed by atoms with E-state index >= 15 is 0 Å². The summed E-state index contributed by atoms with van der Waals surface area (Å²) in [6.45, 7) is 0.758. The first-order chi connectivity index (χ1) is 11.2. The number of hydrogen-bond acceptors (Lipinski definition) is 3. The molecule has 0 aliphatic carbocycles. The van der Waals surface area contributed by atoms with Crippen molar-refractivity contribution in [2.75, 3.05) is 6.54 Å². The molecule has 2 heterocycles. The first-order valence-electron chi connectivity index (χ1n) is 7.31. The van der Waals surface area contributed by atoms with Gasteiger partial charge in [-0.1, -0.05) is 18.2 Å². The molecular weight excluding hydrogens is 331 g/mol. The predicted molar refractivity (Wildman–Crippen MR) is 75.3 cm³/mol. The Morgan fingerprint density at radius 1 is 1.29 bits per heavy atom. The molecule has 9 heteroatoms. The van der Waals surface area contributed by atoms with E-state index in [9.17, 15) is 22.0 Å². The van der Waals surface area contributed by atoms with Crippen LogP contribution < -0.4 is 0 Å². The summed E-state index contributed by atoms with van der Waals surface area (Å²) in [6.07, 6.45) is -5.05. The second-order valence-electron chi connectivity index (χ2n) is 5.91. The van der Waals surface area contributed by atoms with E-state index in [2.05, 4.69) is 15.2 Å². The van der Waals surface area contributed by atoms with Crippen LogP contribution in [0.3, 0.4) is 0 Å². The average molecular weight is 346 g/mol. The number of H-pyrrole nitrogens is 1. The molecule has 1 aliphatic rings. The third-order valence-corrected chi connectivity index (χ3v) is 3.98. The monoisotopic (exact) mass is 346 g/mol. The molecule has 24 heavy (non-hydrogen) atoms. The first-order valence-corrected chi connectivity index (χ1v) is 7.31. The second kappa shape index (κ2) is 5.80. The minimum absolute atomic E-state index is 0.0417. The Bertz CT molecular complexity index is 725. The van der Waals surface area contributed by atoms with E-state index in [4.69, 9.17) is 0 Å². The molecule has 0 radical (unpaired) electrons. The van der Waals surface area contributed by atoms with Crippen molar-refractivity contribution in [3.8, 4) is 0 Å². The molecule has 0 unspecified atom stereocenters. The number of aryl methyl sites for hydroxylation is 1. The number of nitrogens with one attached hydrogen (secondary N) is 1. The van der Waals surface area contributed by atoms with E-state index in [1.54, 1.807) is 6.92 Å². The third kappa shape index (κ3) is 3.40. The van der Waals surface area contributed by atoms with Gasteiger partial charge >= 0.3 is 6.18 Å². The highest BCUT2D eigenvalue weighted by Gasteiger charge is 2.47. The highest BCUT2D eigenvalue weighted by molar-refractivity contribution is 5.30. The van der Waals surface area contributed by atoms with Crippen LogP contribution in [0.15, 0.2) is 24.3 Å². The third-order valence-electron chi connectivity index (χ3n) is 3.98.